The number of benzene rings is 2. The fourth-order valence-corrected chi connectivity index (χ4v) is 3.56. The van der Waals surface area contributed by atoms with Crippen LogP contribution in [0.5, 0.6) is 0 Å². The van der Waals surface area contributed by atoms with E-state index in [0.29, 0.717) is 0 Å². The van der Waals surface area contributed by atoms with Crippen molar-refractivity contribution >= 4 is 16.6 Å². The second-order valence-electron chi connectivity index (χ2n) is 5.91. The Morgan fingerprint density at radius 2 is 1.62 bits per heavy atom. The van der Waals surface area contributed by atoms with Crippen LogP contribution in [0.4, 0.5) is 5.69 Å². The summed E-state index contributed by atoms with van der Waals surface area (Å²) in [6.07, 6.45) is 2.19. The number of hydrogen-bond donors (Lipinski definition) is 0. The average molecular weight is 275 g/mol. The number of anilines is 1. The highest BCUT2D eigenvalue weighted by Gasteiger charge is 2.25. The molecule has 0 bridgehead atoms. The lowest BCUT2D eigenvalue weighted by molar-refractivity contribution is -0.673. The van der Waals surface area contributed by atoms with E-state index in [1.54, 1.807) is 0 Å². The monoisotopic (exact) mass is 275 g/mol. The van der Waals surface area contributed by atoms with Crippen molar-refractivity contribution in [2.24, 2.45) is 0 Å². The molecule has 1 aliphatic heterocycles. The number of pyridine rings is 1. The van der Waals surface area contributed by atoms with E-state index < -0.39 is 0 Å². The molecule has 0 saturated carbocycles. The molecule has 2 aromatic carbocycles. The van der Waals surface area contributed by atoms with Crippen LogP contribution in [0.2, 0.25) is 0 Å². The number of aromatic nitrogens is 1. The summed E-state index contributed by atoms with van der Waals surface area (Å²) in [6.45, 7) is 6.30. The Hall–Kier alpha value is -2.35. The second-order valence-corrected chi connectivity index (χ2v) is 5.91. The predicted molar refractivity (Wildman–Crippen MR) is 86.2 cm³/mol. The van der Waals surface area contributed by atoms with E-state index in [-0.39, 0.29) is 0 Å². The molecule has 0 N–H and O–H groups in total. The van der Waals surface area contributed by atoms with E-state index in [4.69, 9.17) is 0 Å². The largest absolute Gasteiger partial charge is 0.312 e. The van der Waals surface area contributed by atoms with Crippen LogP contribution >= 0.6 is 0 Å². The van der Waals surface area contributed by atoms with Crippen LogP contribution in [0.25, 0.3) is 10.9 Å². The van der Waals surface area contributed by atoms with Gasteiger partial charge >= 0.3 is 0 Å². The van der Waals surface area contributed by atoms with Gasteiger partial charge in [-0.15, -0.1) is 0 Å². The van der Waals surface area contributed by atoms with Gasteiger partial charge in [-0.3, -0.25) is 0 Å². The maximum Gasteiger partial charge on any atom is 0.224 e. The molecule has 0 fully saturated rings. The number of hydrogen-bond acceptors (Lipinski definition) is 1. The summed E-state index contributed by atoms with van der Waals surface area (Å²) in [6, 6.07) is 17.5. The number of para-hydroxylation sites is 2. The third-order valence-electron chi connectivity index (χ3n) is 4.42. The van der Waals surface area contributed by atoms with Gasteiger partial charge in [0, 0.05) is 22.7 Å². The molecule has 3 aromatic rings. The Morgan fingerprint density at radius 3 is 2.43 bits per heavy atom. The summed E-state index contributed by atoms with van der Waals surface area (Å²) in [5.41, 5.74) is 6.85. The lowest BCUT2D eigenvalue weighted by Crippen LogP contribution is -2.48. The van der Waals surface area contributed by atoms with E-state index in [1.165, 1.54) is 33.3 Å². The van der Waals surface area contributed by atoms with Crippen LogP contribution in [0, 0.1) is 13.8 Å². The van der Waals surface area contributed by atoms with Crippen molar-refractivity contribution in [1.82, 2.24) is 0 Å². The molecule has 0 amide bonds. The zero-order chi connectivity index (χ0) is 14.4. The van der Waals surface area contributed by atoms with Crippen molar-refractivity contribution < 1.29 is 4.57 Å². The molecule has 21 heavy (non-hydrogen) atoms. The zero-order valence-electron chi connectivity index (χ0n) is 12.5. The fraction of sp³-hybridized carbons (Fsp3) is 0.211. The minimum atomic E-state index is 0.917. The Morgan fingerprint density at radius 1 is 0.905 bits per heavy atom. The molecule has 0 atom stereocenters. The summed E-state index contributed by atoms with van der Waals surface area (Å²) in [5, 5.41) is 1.33. The van der Waals surface area contributed by atoms with Gasteiger partial charge in [-0.2, -0.15) is 4.57 Å². The highest BCUT2D eigenvalue weighted by Crippen LogP contribution is 2.29. The number of nitrogens with zero attached hydrogens (tertiary/aromatic N) is 2. The van der Waals surface area contributed by atoms with Crippen molar-refractivity contribution in [1.29, 1.82) is 0 Å². The molecule has 1 aromatic heterocycles. The predicted octanol–water partition coefficient (Wildman–Crippen LogP) is 3.72. The van der Waals surface area contributed by atoms with Crippen molar-refractivity contribution in [2.45, 2.75) is 27.1 Å². The summed E-state index contributed by atoms with van der Waals surface area (Å²) in [5.74, 6) is 0. The van der Waals surface area contributed by atoms with Crippen LogP contribution in [0.15, 0.2) is 54.7 Å². The van der Waals surface area contributed by atoms with E-state index in [9.17, 15) is 0 Å². The lowest BCUT2D eigenvalue weighted by atomic mass is 10.0. The third-order valence-corrected chi connectivity index (χ3v) is 4.42. The highest BCUT2D eigenvalue weighted by molar-refractivity contribution is 5.79. The first-order valence-electron chi connectivity index (χ1n) is 7.45. The van der Waals surface area contributed by atoms with E-state index in [1.807, 2.05) is 0 Å². The molecule has 2 nitrogen and oxygen atoms in total. The highest BCUT2D eigenvalue weighted by atomic mass is 15.3. The zero-order valence-corrected chi connectivity index (χ0v) is 12.5. The molecule has 1 aliphatic rings. The molecule has 2 heteroatoms. The van der Waals surface area contributed by atoms with Crippen molar-refractivity contribution in [3.63, 3.8) is 0 Å². The normalized spacial score (nSPS) is 13.7. The first-order valence-corrected chi connectivity index (χ1v) is 7.45. The van der Waals surface area contributed by atoms with Crippen LogP contribution in [-0.2, 0) is 13.2 Å². The molecular formula is C19H19N2+. The molecular weight excluding hydrogens is 256 g/mol. The van der Waals surface area contributed by atoms with Gasteiger partial charge in [0.25, 0.3) is 0 Å². The van der Waals surface area contributed by atoms with Crippen LogP contribution in [0.3, 0.4) is 0 Å². The van der Waals surface area contributed by atoms with Gasteiger partial charge in [0.2, 0.25) is 12.2 Å². The van der Waals surface area contributed by atoms with Crippen molar-refractivity contribution in [3.05, 3.63) is 71.4 Å². The summed E-state index contributed by atoms with van der Waals surface area (Å²) in [4.78, 5) is 2.48. The minimum Gasteiger partial charge on any atom is -0.312 e. The summed E-state index contributed by atoms with van der Waals surface area (Å²) in [7, 11) is 0. The smallest absolute Gasteiger partial charge is 0.224 e. The molecule has 104 valence electrons. The maximum atomic E-state index is 2.48. The van der Waals surface area contributed by atoms with E-state index in [2.05, 4.69) is 78.0 Å². The standard InChI is InChI=1S/C19H19N2/c1-14-6-3-7-15(2)18(14)21-12-17-9-4-8-16-10-5-11-20(13-21)19(16)17/h3-11H,12-13H2,1-2H3/q+1. The van der Waals surface area contributed by atoms with Gasteiger partial charge in [0.1, 0.15) is 0 Å². The van der Waals surface area contributed by atoms with Gasteiger partial charge < -0.3 is 4.90 Å². The topological polar surface area (TPSA) is 7.12 Å². The number of aryl methyl sites for hydroxylation is 2. The molecule has 0 spiro atoms. The van der Waals surface area contributed by atoms with Gasteiger partial charge in [-0.25, -0.2) is 0 Å². The van der Waals surface area contributed by atoms with Crippen LogP contribution in [0.1, 0.15) is 16.7 Å². The molecule has 0 unspecified atom stereocenters. The lowest BCUT2D eigenvalue weighted by Gasteiger charge is -2.29. The summed E-state index contributed by atoms with van der Waals surface area (Å²) >= 11 is 0. The summed E-state index contributed by atoms with van der Waals surface area (Å²) < 4.78 is 2.36. The number of rotatable bonds is 1. The van der Waals surface area contributed by atoms with Crippen LogP contribution in [-0.4, -0.2) is 0 Å². The Balaban J connectivity index is 1.87. The Kier molecular flexibility index (Phi) is 2.71. The van der Waals surface area contributed by atoms with E-state index in [0.717, 1.165) is 13.2 Å². The quantitative estimate of drug-likeness (QED) is 0.614. The van der Waals surface area contributed by atoms with Gasteiger partial charge in [-0.05, 0) is 37.1 Å². The average Bonchev–Trinajstić information content (AvgIpc) is 2.47. The van der Waals surface area contributed by atoms with E-state index >= 15 is 0 Å². The minimum absolute atomic E-state index is 0.917. The maximum absolute atomic E-state index is 2.48. The van der Waals surface area contributed by atoms with Crippen molar-refractivity contribution in [2.75, 3.05) is 4.90 Å². The molecule has 0 aliphatic carbocycles. The molecule has 0 radical (unpaired) electrons. The van der Waals surface area contributed by atoms with Gasteiger partial charge in [0.05, 0.1) is 6.54 Å². The second kappa shape index (κ2) is 4.59. The molecule has 4 rings (SSSR count). The molecule has 0 saturated heterocycles. The van der Waals surface area contributed by atoms with Crippen molar-refractivity contribution in [3.8, 4) is 0 Å². The Bertz CT molecular complexity index is 775. The first kappa shape index (κ1) is 12.4. The van der Waals surface area contributed by atoms with Gasteiger partial charge in [-0.1, -0.05) is 30.3 Å². The SMILES string of the molecule is Cc1cccc(C)c1N1Cc2cccc3ccc[n+](c23)C1. The third kappa shape index (κ3) is 1.90. The fourth-order valence-electron chi connectivity index (χ4n) is 3.56. The molecule has 2 heterocycles. The van der Waals surface area contributed by atoms with Gasteiger partial charge in [0.15, 0.2) is 6.20 Å². The van der Waals surface area contributed by atoms with Crippen LogP contribution < -0.4 is 9.47 Å². The Labute approximate surface area is 125 Å². The first-order chi connectivity index (χ1) is 10.2.